The van der Waals surface area contributed by atoms with Crippen LogP contribution in [0.3, 0.4) is 0 Å². The van der Waals surface area contributed by atoms with Gasteiger partial charge in [-0.25, -0.2) is 0 Å². The number of nitrogens with zero attached hydrogens (tertiary/aromatic N) is 1. The Morgan fingerprint density at radius 1 is 1.39 bits per heavy atom. The third-order valence-corrected chi connectivity index (χ3v) is 4.83. The zero-order valence-corrected chi connectivity index (χ0v) is 13.9. The first-order valence-corrected chi connectivity index (χ1v) is 7.75. The molecule has 0 fully saturated rings. The van der Waals surface area contributed by atoms with Gasteiger partial charge in [0.2, 0.25) is 0 Å². The second-order valence-corrected chi connectivity index (χ2v) is 6.58. The maximum absolute atomic E-state index is 12.3. The average Bonchev–Trinajstić information content (AvgIpc) is 2.85. The van der Waals surface area contributed by atoms with Crippen molar-refractivity contribution in [1.82, 2.24) is 10.2 Å². The number of methoxy groups -OCH3 is 1. The van der Waals surface area contributed by atoms with Crippen molar-refractivity contribution in [3.63, 3.8) is 0 Å². The van der Waals surface area contributed by atoms with Crippen molar-refractivity contribution in [2.75, 3.05) is 7.11 Å². The summed E-state index contributed by atoms with van der Waals surface area (Å²) in [6.07, 6.45) is 0.379. The van der Waals surface area contributed by atoms with Crippen molar-refractivity contribution in [3.8, 4) is 5.75 Å². The Kier molecular flexibility index (Phi) is 3.76. The van der Waals surface area contributed by atoms with Gasteiger partial charge in [-0.3, -0.25) is 9.89 Å². The maximum Gasteiger partial charge on any atom is 0.136 e. The van der Waals surface area contributed by atoms with Crippen LogP contribution in [-0.4, -0.2) is 33.8 Å². The Morgan fingerprint density at radius 3 is 2.61 bits per heavy atom. The molecule has 3 atom stereocenters. The number of aromatic nitrogens is 2. The molecule has 5 nitrogen and oxygen atoms in total. The number of Topliss-reactive ketones (excluding diaryl/α,β-unsaturated/α-hetero) is 1. The van der Waals surface area contributed by atoms with Gasteiger partial charge in [-0.1, -0.05) is 12.1 Å². The van der Waals surface area contributed by atoms with Crippen LogP contribution in [0.2, 0.25) is 0 Å². The summed E-state index contributed by atoms with van der Waals surface area (Å²) in [6, 6.07) is 7.67. The number of aryl methyl sites for hydroxylation is 1. The molecule has 1 aliphatic rings. The van der Waals surface area contributed by atoms with Crippen LogP contribution in [0.1, 0.15) is 42.3 Å². The van der Waals surface area contributed by atoms with Gasteiger partial charge in [0.1, 0.15) is 11.5 Å². The zero-order chi connectivity index (χ0) is 16.8. The molecule has 0 radical (unpaired) electrons. The van der Waals surface area contributed by atoms with E-state index in [-0.39, 0.29) is 11.7 Å². The molecular formula is C18H22N2O3. The Morgan fingerprint density at radius 2 is 2.04 bits per heavy atom. The van der Waals surface area contributed by atoms with Crippen LogP contribution in [0.15, 0.2) is 24.3 Å². The molecule has 0 saturated carbocycles. The molecule has 0 bridgehead atoms. The first kappa shape index (κ1) is 15.7. The number of fused-ring (bicyclic) bond motifs is 1. The summed E-state index contributed by atoms with van der Waals surface area (Å²) < 4.78 is 5.22. The van der Waals surface area contributed by atoms with E-state index in [0.717, 1.165) is 28.3 Å². The van der Waals surface area contributed by atoms with E-state index in [2.05, 4.69) is 10.2 Å². The number of carbonyl (C=O) groups is 1. The molecule has 122 valence electrons. The fourth-order valence-electron chi connectivity index (χ4n) is 3.85. The molecule has 1 aromatic heterocycles. The largest absolute Gasteiger partial charge is 0.497 e. The van der Waals surface area contributed by atoms with E-state index in [4.69, 9.17) is 4.74 Å². The summed E-state index contributed by atoms with van der Waals surface area (Å²) in [6.45, 7) is 5.23. The second kappa shape index (κ2) is 5.49. The number of ketones is 1. The third-order valence-electron chi connectivity index (χ3n) is 4.83. The van der Waals surface area contributed by atoms with Gasteiger partial charge in [-0.05, 0) is 38.5 Å². The maximum atomic E-state index is 12.3. The lowest BCUT2D eigenvalue weighted by atomic mass is 9.64. The van der Waals surface area contributed by atoms with Crippen molar-refractivity contribution < 1.29 is 14.6 Å². The molecule has 0 saturated heterocycles. The molecule has 1 aliphatic carbocycles. The summed E-state index contributed by atoms with van der Waals surface area (Å²) in [5, 5.41) is 18.2. The average molecular weight is 314 g/mol. The minimum Gasteiger partial charge on any atom is -0.497 e. The highest BCUT2D eigenvalue weighted by molar-refractivity contribution is 5.82. The number of hydrogen-bond acceptors (Lipinski definition) is 4. The Bertz CT molecular complexity index is 731. The molecule has 1 aromatic carbocycles. The fourth-order valence-corrected chi connectivity index (χ4v) is 3.85. The molecule has 23 heavy (non-hydrogen) atoms. The molecule has 0 aliphatic heterocycles. The SMILES string of the molecule is COc1ccc(C2c3c(n[nH]c3C)CC(C)(O)C2C(C)=O)cc1. The highest BCUT2D eigenvalue weighted by atomic mass is 16.5. The Balaban J connectivity index is 2.19. The highest BCUT2D eigenvalue weighted by Crippen LogP contribution is 2.46. The topological polar surface area (TPSA) is 75.2 Å². The molecule has 5 heteroatoms. The smallest absolute Gasteiger partial charge is 0.136 e. The minimum atomic E-state index is -1.12. The van der Waals surface area contributed by atoms with Gasteiger partial charge in [0, 0.05) is 23.6 Å². The summed E-state index contributed by atoms with van der Waals surface area (Å²) in [7, 11) is 1.62. The molecule has 3 rings (SSSR count). The number of nitrogens with one attached hydrogen (secondary N) is 1. The predicted molar refractivity (Wildman–Crippen MR) is 86.7 cm³/mol. The van der Waals surface area contributed by atoms with Gasteiger partial charge in [0.05, 0.1) is 24.3 Å². The van der Waals surface area contributed by atoms with Crippen molar-refractivity contribution in [2.45, 2.75) is 38.7 Å². The number of benzene rings is 1. The lowest BCUT2D eigenvalue weighted by Crippen LogP contribution is -2.48. The number of H-pyrrole nitrogens is 1. The number of rotatable bonds is 3. The highest BCUT2D eigenvalue weighted by Gasteiger charge is 2.48. The summed E-state index contributed by atoms with van der Waals surface area (Å²) in [5.41, 5.74) is 2.68. The first-order valence-electron chi connectivity index (χ1n) is 7.75. The van der Waals surface area contributed by atoms with E-state index in [0.29, 0.717) is 6.42 Å². The van der Waals surface area contributed by atoms with Gasteiger partial charge in [0.25, 0.3) is 0 Å². The van der Waals surface area contributed by atoms with E-state index in [1.54, 1.807) is 21.0 Å². The van der Waals surface area contributed by atoms with E-state index < -0.39 is 11.5 Å². The van der Waals surface area contributed by atoms with Crippen molar-refractivity contribution >= 4 is 5.78 Å². The van der Waals surface area contributed by atoms with Gasteiger partial charge in [-0.2, -0.15) is 5.10 Å². The van der Waals surface area contributed by atoms with Gasteiger partial charge >= 0.3 is 0 Å². The molecule has 1 heterocycles. The predicted octanol–water partition coefficient (Wildman–Crippen LogP) is 2.37. The Labute approximate surface area is 135 Å². The van der Waals surface area contributed by atoms with E-state index >= 15 is 0 Å². The van der Waals surface area contributed by atoms with Crippen LogP contribution in [0, 0.1) is 12.8 Å². The van der Waals surface area contributed by atoms with E-state index in [1.165, 1.54) is 0 Å². The number of carbonyl (C=O) groups excluding carboxylic acids is 1. The van der Waals surface area contributed by atoms with Crippen molar-refractivity contribution in [1.29, 1.82) is 0 Å². The zero-order valence-electron chi connectivity index (χ0n) is 13.9. The van der Waals surface area contributed by atoms with Gasteiger partial charge < -0.3 is 9.84 Å². The van der Waals surface area contributed by atoms with E-state index in [9.17, 15) is 9.90 Å². The van der Waals surface area contributed by atoms with Gasteiger partial charge in [0.15, 0.2) is 0 Å². The number of aromatic amines is 1. The Hall–Kier alpha value is -2.14. The quantitative estimate of drug-likeness (QED) is 0.912. The summed E-state index contributed by atoms with van der Waals surface area (Å²) in [4.78, 5) is 12.3. The molecule has 3 unspecified atom stereocenters. The van der Waals surface area contributed by atoms with Crippen LogP contribution in [0.5, 0.6) is 5.75 Å². The second-order valence-electron chi connectivity index (χ2n) is 6.58. The molecule has 2 aromatic rings. The monoisotopic (exact) mass is 314 g/mol. The minimum absolute atomic E-state index is 0.0120. The molecule has 0 spiro atoms. The van der Waals surface area contributed by atoms with Crippen LogP contribution in [0.4, 0.5) is 0 Å². The number of hydrogen-bond donors (Lipinski definition) is 2. The number of aliphatic hydroxyl groups is 1. The van der Waals surface area contributed by atoms with Gasteiger partial charge in [-0.15, -0.1) is 0 Å². The molecule has 2 N–H and O–H groups in total. The molecule has 0 amide bonds. The van der Waals surface area contributed by atoms with Crippen LogP contribution in [-0.2, 0) is 11.2 Å². The van der Waals surface area contributed by atoms with Crippen molar-refractivity contribution in [2.24, 2.45) is 5.92 Å². The lowest BCUT2D eigenvalue weighted by Gasteiger charge is -2.41. The molecular weight excluding hydrogens is 292 g/mol. The van der Waals surface area contributed by atoms with Crippen LogP contribution >= 0.6 is 0 Å². The standard InChI is InChI=1S/C18H22N2O3/c1-10-15-14(20-19-10)9-18(3,22)17(11(2)21)16(15)12-5-7-13(23-4)8-6-12/h5-8,16-17,22H,9H2,1-4H3,(H,19,20). The fraction of sp³-hybridized carbons (Fsp3) is 0.444. The van der Waals surface area contributed by atoms with E-state index in [1.807, 2.05) is 31.2 Å². The van der Waals surface area contributed by atoms with Crippen molar-refractivity contribution in [3.05, 3.63) is 46.8 Å². The lowest BCUT2D eigenvalue weighted by molar-refractivity contribution is -0.130. The van der Waals surface area contributed by atoms with Crippen LogP contribution in [0.25, 0.3) is 0 Å². The number of ether oxygens (including phenoxy) is 1. The van der Waals surface area contributed by atoms with Crippen LogP contribution < -0.4 is 4.74 Å². The third kappa shape index (κ3) is 2.55. The first-order chi connectivity index (χ1) is 10.8. The summed E-state index contributed by atoms with van der Waals surface area (Å²) >= 11 is 0. The summed E-state index contributed by atoms with van der Waals surface area (Å²) in [5.74, 6) is 0.0394. The normalized spacial score (nSPS) is 26.7.